The lowest BCUT2D eigenvalue weighted by atomic mass is 9.47. The molecule has 0 saturated heterocycles. The molecule has 5 rings (SSSR count). The number of benzene rings is 1. The van der Waals surface area contributed by atoms with Gasteiger partial charge in [0, 0.05) is 17.7 Å². The van der Waals surface area contributed by atoms with Crippen LogP contribution >= 0.6 is 0 Å². The van der Waals surface area contributed by atoms with Gasteiger partial charge in [0.05, 0.1) is 6.10 Å². The highest BCUT2D eigenvalue weighted by Crippen LogP contribution is 2.67. The van der Waals surface area contributed by atoms with Crippen LogP contribution in [0.4, 0.5) is 5.69 Å². The highest BCUT2D eigenvalue weighted by atomic mass is 16.3. The Morgan fingerprint density at radius 1 is 1.08 bits per heavy atom. The van der Waals surface area contributed by atoms with E-state index in [9.17, 15) is 14.7 Å². The first-order chi connectivity index (χ1) is 17.1. The topological polar surface area (TPSA) is 92.4 Å². The van der Waals surface area contributed by atoms with Crippen LogP contribution < -0.4 is 11.1 Å². The smallest absolute Gasteiger partial charge is 0.248 e. The first-order valence-electron chi connectivity index (χ1n) is 14.2. The van der Waals surface area contributed by atoms with E-state index in [1.54, 1.807) is 29.8 Å². The summed E-state index contributed by atoms with van der Waals surface area (Å²) in [6, 6.07) is 6.77. The van der Waals surface area contributed by atoms with Gasteiger partial charge in [-0.25, -0.2) is 0 Å². The molecule has 36 heavy (non-hydrogen) atoms. The van der Waals surface area contributed by atoms with Crippen molar-refractivity contribution < 1.29 is 14.7 Å². The van der Waals surface area contributed by atoms with Gasteiger partial charge in [-0.2, -0.15) is 0 Å². The van der Waals surface area contributed by atoms with E-state index in [-0.39, 0.29) is 12.0 Å². The summed E-state index contributed by atoms with van der Waals surface area (Å²) in [4.78, 5) is 23.9. The third-order valence-electron chi connectivity index (χ3n) is 11.1. The summed E-state index contributed by atoms with van der Waals surface area (Å²) < 4.78 is 0. The number of rotatable bonds is 6. The number of aliphatic hydroxyl groups excluding tert-OH is 1. The maximum Gasteiger partial charge on any atom is 0.248 e. The Labute approximate surface area is 216 Å². The molecular formula is C31H44N2O3. The Morgan fingerprint density at radius 3 is 2.56 bits per heavy atom. The fourth-order valence-corrected chi connectivity index (χ4v) is 9.12. The number of primary amides is 1. The van der Waals surface area contributed by atoms with E-state index in [2.05, 4.69) is 32.2 Å². The molecule has 4 aliphatic rings. The average Bonchev–Trinajstić information content (AvgIpc) is 3.20. The van der Waals surface area contributed by atoms with Crippen LogP contribution in [-0.4, -0.2) is 23.0 Å². The Kier molecular flexibility index (Phi) is 6.82. The Bertz CT molecular complexity index is 1030. The summed E-state index contributed by atoms with van der Waals surface area (Å²) in [5.74, 6) is 3.10. The van der Waals surface area contributed by atoms with Crippen molar-refractivity contribution in [1.29, 1.82) is 0 Å². The highest BCUT2D eigenvalue weighted by molar-refractivity contribution is 5.94. The van der Waals surface area contributed by atoms with E-state index >= 15 is 0 Å². The van der Waals surface area contributed by atoms with Crippen molar-refractivity contribution in [3.05, 3.63) is 41.5 Å². The van der Waals surface area contributed by atoms with Crippen LogP contribution in [0.1, 0.15) is 95.3 Å². The molecule has 196 valence electrons. The number of hydrogen-bond acceptors (Lipinski definition) is 3. The molecule has 1 aromatic carbocycles. The Balaban J connectivity index is 1.20. The van der Waals surface area contributed by atoms with E-state index in [1.165, 1.54) is 32.1 Å². The number of carbonyl (C=O) groups is 2. The number of hydrogen-bond donors (Lipinski definition) is 3. The van der Waals surface area contributed by atoms with Crippen molar-refractivity contribution in [1.82, 2.24) is 0 Å². The van der Waals surface area contributed by atoms with Gasteiger partial charge < -0.3 is 16.2 Å². The summed E-state index contributed by atoms with van der Waals surface area (Å²) in [7, 11) is 0. The molecule has 0 spiro atoms. The second kappa shape index (κ2) is 9.63. The number of fused-ring (bicyclic) bond motifs is 5. The van der Waals surface area contributed by atoms with Gasteiger partial charge in [-0.1, -0.05) is 32.4 Å². The average molecular weight is 493 g/mol. The molecule has 0 aromatic heterocycles. The largest absolute Gasteiger partial charge is 0.393 e. The lowest BCUT2D eigenvalue weighted by Crippen LogP contribution is -2.50. The van der Waals surface area contributed by atoms with E-state index in [0.717, 1.165) is 43.4 Å². The van der Waals surface area contributed by atoms with Gasteiger partial charge in [0.15, 0.2) is 0 Å². The monoisotopic (exact) mass is 492 g/mol. The summed E-state index contributed by atoms with van der Waals surface area (Å²) in [6.45, 7) is 7.43. The van der Waals surface area contributed by atoms with Crippen molar-refractivity contribution >= 4 is 17.5 Å². The molecule has 0 heterocycles. The molecule has 5 heteroatoms. The van der Waals surface area contributed by atoms with Crippen LogP contribution in [0.15, 0.2) is 35.9 Å². The Morgan fingerprint density at radius 2 is 1.83 bits per heavy atom. The molecule has 8 atom stereocenters. The predicted octanol–water partition coefficient (Wildman–Crippen LogP) is 6.08. The van der Waals surface area contributed by atoms with Crippen LogP contribution in [0.5, 0.6) is 0 Å². The minimum Gasteiger partial charge on any atom is -0.393 e. The molecule has 4 N–H and O–H groups in total. The van der Waals surface area contributed by atoms with E-state index in [1.807, 2.05) is 0 Å². The van der Waals surface area contributed by atoms with Crippen LogP contribution in [0.3, 0.4) is 0 Å². The predicted molar refractivity (Wildman–Crippen MR) is 143 cm³/mol. The van der Waals surface area contributed by atoms with E-state index in [0.29, 0.717) is 40.3 Å². The van der Waals surface area contributed by atoms with E-state index < -0.39 is 5.91 Å². The number of allylic oxidation sites excluding steroid dienone is 1. The lowest BCUT2D eigenvalue weighted by Gasteiger charge is -2.58. The molecule has 1 aromatic rings. The summed E-state index contributed by atoms with van der Waals surface area (Å²) in [5, 5.41) is 13.2. The van der Waals surface area contributed by atoms with Crippen molar-refractivity contribution in [2.75, 3.05) is 5.32 Å². The number of nitrogens with two attached hydrogens (primary N) is 1. The van der Waals surface area contributed by atoms with Gasteiger partial charge in [-0.15, -0.1) is 0 Å². The second-order valence-corrected chi connectivity index (χ2v) is 12.9. The number of amides is 2. The van der Waals surface area contributed by atoms with Crippen molar-refractivity contribution in [2.24, 2.45) is 46.2 Å². The second-order valence-electron chi connectivity index (χ2n) is 12.9. The van der Waals surface area contributed by atoms with Gasteiger partial charge in [0.25, 0.3) is 0 Å². The number of anilines is 1. The fourth-order valence-electron chi connectivity index (χ4n) is 9.12. The summed E-state index contributed by atoms with van der Waals surface area (Å²) >= 11 is 0. The first-order valence-corrected chi connectivity index (χ1v) is 14.2. The van der Waals surface area contributed by atoms with Crippen LogP contribution in [0.2, 0.25) is 0 Å². The zero-order chi connectivity index (χ0) is 25.7. The van der Waals surface area contributed by atoms with Crippen molar-refractivity contribution in [3.8, 4) is 0 Å². The molecule has 3 saturated carbocycles. The maximum atomic E-state index is 12.7. The molecule has 0 radical (unpaired) electrons. The molecule has 3 fully saturated rings. The minimum atomic E-state index is -0.463. The van der Waals surface area contributed by atoms with Crippen molar-refractivity contribution in [2.45, 2.75) is 91.1 Å². The Hall–Kier alpha value is -2.14. The number of nitrogens with one attached hydrogen (secondary N) is 1. The molecule has 2 amide bonds. The zero-order valence-corrected chi connectivity index (χ0v) is 22.3. The molecule has 0 bridgehead atoms. The minimum absolute atomic E-state index is 0.0365. The molecule has 0 aliphatic heterocycles. The molecule has 4 aliphatic carbocycles. The van der Waals surface area contributed by atoms with Gasteiger partial charge in [0.2, 0.25) is 11.8 Å². The SMILES string of the molecule is C[C@H](CCC(=O)Nc1ccc(C(N)=O)cc1)[C@H]1CC[C@H]2[C@@H]3CC=C4C[C@@H](O)CC[C@]4(C)[C@H]3CC[C@]12C. The van der Waals surface area contributed by atoms with Crippen LogP contribution in [0.25, 0.3) is 0 Å². The third kappa shape index (κ3) is 4.42. The molecular weight excluding hydrogens is 448 g/mol. The number of aliphatic hydroxyl groups is 1. The molecule has 0 unspecified atom stereocenters. The van der Waals surface area contributed by atoms with Crippen LogP contribution in [-0.2, 0) is 4.79 Å². The fraction of sp³-hybridized carbons (Fsp3) is 0.677. The third-order valence-corrected chi connectivity index (χ3v) is 11.1. The summed E-state index contributed by atoms with van der Waals surface area (Å²) in [5.41, 5.74) is 8.66. The molecule has 5 nitrogen and oxygen atoms in total. The zero-order valence-electron chi connectivity index (χ0n) is 22.3. The maximum absolute atomic E-state index is 12.7. The normalized spacial score (nSPS) is 38.2. The van der Waals surface area contributed by atoms with Crippen LogP contribution in [0, 0.1) is 40.4 Å². The first kappa shape index (κ1) is 25.5. The lowest BCUT2D eigenvalue weighted by molar-refractivity contribution is -0.116. The van der Waals surface area contributed by atoms with E-state index in [4.69, 9.17) is 5.73 Å². The van der Waals surface area contributed by atoms with Gasteiger partial charge in [0.1, 0.15) is 0 Å². The highest BCUT2D eigenvalue weighted by Gasteiger charge is 2.59. The quantitative estimate of drug-likeness (QED) is 0.420. The van der Waals surface area contributed by atoms with Gasteiger partial charge in [-0.3, -0.25) is 9.59 Å². The van der Waals surface area contributed by atoms with Gasteiger partial charge >= 0.3 is 0 Å². The standard InChI is InChI=1S/C31H44N2O3/c1-19(4-13-28(35)33-22-8-5-20(6-9-22)29(32)36)25-11-12-26-24-10-7-21-18-23(34)14-16-30(21,2)27(24)15-17-31(25,26)3/h5-9,19,23-27,34H,4,10-18H2,1-3H3,(H2,32,36)(H,33,35)/t19-,23+,24+,25-,26+,27+,30+,31-/m1/s1. The summed E-state index contributed by atoms with van der Waals surface area (Å²) in [6.07, 6.45) is 13.2. The van der Waals surface area contributed by atoms with Crippen molar-refractivity contribution in [3.63, 3.8) is 0 Å². The van der Waals surface area contributed by atoms with Gasteiger partial charge in [-0.05, 0) is 122 Å². The number of carbonyl (C=O) groups excluding carboxylic acids is 2.